The van der Waals surface area contributed by atoms with E-state index >= 15 is 0 Å². The molecule has 1 aromatic carbocycles. The zero-order chi connectivity index (χ0) is 18.0. The first kappa shape index (κ1) is 17.4. The van der Waals surface area contributed by atoms with Crippen molar-refractivity contribution in [2.75, 3.05) is 5.32 Å². The lowest BCUT2D eigenvalue weighted by molar-refractivity contribution is -0.118. The number of amides is 1. The Balaban J connectivity index is 1.62. The fourth-order valence-electron chi connectivity index (χ4n) is 3.51. The van der Waals surface area contributed by atoms with Crippen LogP contribution < -0.4 is 5.32 Å². The molecule has 0 bridgehead atoms. The summed E-state index contributed by atoms with van der Waals surface area (Å²) in [6.45, 7) is 8.51. The largest absolute Gasteiger partial charge is 0.326 e. The van der Waals surface area contributed by atoms with Crippen LogP contribution in [0.25, 0.3) is 0 Å². The molecule has 0 radical (unpaired) electrons. The van der Waals surface area contributed by atoms with E-state index in [4.69, 9.17) is 0 Å². The van der Waals surface area contributed by atoms with Gasteiger partial charge in [0.25, 0.3) is 0 Å². The highest BCUT2D eigenvalue weighted by atomic mass is 16.2. The van der Waals surface area contributed by atoms with Crippen LogP contribution in [0.15, 0.2) is 60.4 Å². The van der Waals surface area contributed by atoms with Gasteiger partial charge in [0.15, 0.2) is 0 Å². The van der Waals surface area contributed by atoms with Crippen LogP contribution in [0, 0.1) is 17.3 Å². The number of nitrogens with zero attached hydrogens (tertiary/aromatic N) is 1. The molecule has 130 valence electrons. The molecule has 2 atom stereocenters. The zero-order valence-corrected chi connectivity index (χ0v) is 15.4. The van der Waals surface area contributed by atoms with E-state index in [-0.39, 0.29) is 17.2 Å². The molecule has 1 aliphatic rings. The number of carbonyl (C=O) groups is 1. The molecule has 1 heterocycles. The van der Waals surface area contributed by atoms with E-state index < -0.39 is 0 Å². The third-order valence-electron chi connectivity index (χ3n) is 5.09. The molecule has 0 spiro atoms. The first-order valence-electron chi connectivity index (χ1n) is 8.81. The summed E-state index contributed by atoms with van der Waals surface area (Å²) in [6.07, 6.45) is 6.71. The molecule has 1 fully saturated rings. The Morgan fingerprint density at radius 2 is 1.68 bits per heavy atom. The fraction of sp³-hybridized carbons (Fsp3) is 0.364. The van der Waals surface area contributed by atoms with Gasteiger partial charge in [0.1, 0.15) is 0 Å². The Kier molecular flexibility index (Phi) is 4.76. The lowest BCUT2D eigenvalue weighted by atomic mass is 10.1. The van der Waals surface area contributed by atoms with Gasteiger partial charge in [0.2, 0.25) is 5.91 Å². The fourth-order valence-corrected chi connectivity index (χ4v) is 3.51. The molecule has 0 saturated heterocycles. The molecule has 3 rings (SSSR count). The van der Waals surface area contributed by atoms with E-state index in [1.165, 1.54) is 16.7 Å². The molecule has 1 N–H and O–H groups in total. The maximum atomic E-state index is 12.6. The number of aromatic nitrogens is 1. The van der Waals surface area contributed by atoms with Gasteiger partial charge in [-0.2, -0.15) is 0 Å². The van der Waals surface area contributed by atoms with Gasteiger partial charge in [-0.25, -0.2) is 0 Å². The minimum absolute atomic E-state index is 0.0443. The average Bonchev–Trinajstić information content (AvgIpc) is 3.10. The first-order valence-corrected chi connectivity index (χ1v) is 8.81. The van der Waals surface area contributed by atoms with Crippen molar-refractivity contribution in [3.63, 3.8) is 0 Å². The molecule has 1 saturated carbocycles. The van der Waals surface area contributed by atoms with Crippen molar-refractivity contribution in [2.45, 2.75) is 34.1 Å². The van der Waals surface area contributed by atoms with Crippen molar-refractivity contribution in [3.05, 3.63) is 71.6 Å². The van der Waals surface area contributed by atoms with Crippen molar-refractivity contribution in [1.29, 1.82) is 0 Å². The quantitative estimate of drug-likeness (QED) is 0.794. The lowest BCUT2D eigenvalue weighted by Crippen LogP contribution is -2.16. The summed E-state index contributed by atoms with van der Waals surface area (Å²) < 4.78 is 0. The van der Waals surface area contributed by atoms with Crippen LogP contribution in [0.1, 0.15) is 38.8 Å². The third-order valence-corrected chi connectivity index (χ3v) is 5.09. The highest BCUT2D eigenvalue weighted by Crippen LogP contribution is 2.59. The van der Waals surface area contributed by atoms with Crippen molar-refractivity contribution in [2.24, 2.45) is 17.3 Å². The number of hydrogen-bond acceptors (Lipinski definition) is 2. The van der Waals surface area contributed by atoms with E-state index in [0.717, 1.165) is 12.1 Å². The molecule has 3 heteroatoms. The van der Waals surface area contributed by atoms with Gasteiger partial charge in [0, 0.05) is 18.1 Å². The van der Waals surface area contributed by atoms with Crippen LogP contribution in [0.3, 0.4) is 0 Å². The van der Waals surface area contributed by atoms with E-state index in [2.05, 4.69) is 56.2 Å². The van der Waals surface area contributed by atoms with E-state index in [0.29, 0.717) is 5.92 Å². The summed E-state index contributed by atoms with van der Waals surface area (Å²) in [5, 5.41) is 3.08. The summed E-state index contributed by atoms with van der Waals surface area (Å²) in [6, 6.07) is 12.2. The standard InChI is InChI=1S/C22H26N2O/c1-15(2)13-19-20(22(19,3)4)21(25)24-18-7-5-16(6-8-18)14-17-9-11-23-12-10-17/h5-13,19-20H,14H2,1-4H3,(H,24,25)/t19-,20-/m1/s1. The number of carbonyl (C=O) groups excluding carboxylic acids is 1. The summed E-state index contributed by atoms with van der Waals surface area (Å²) >= 11 is 0. The van der Waals surface area contributed by atoms with Crippen molar-refractivity contribution < 1.29 is 4.79 Å². The highest BCUT2D eigenvalue weighted by molar-refractivity contribution is 5.95. The number of allylic oxidation sites excluding steroid dienone is 2. The molecule has 25 heavy (non-hydrogen) atoms. The first-order chi connectivity index (χ1) is 11.9. The molecule has 2 aromatic rings. The van der Waals surface area contributed by atoms with Crippen LogP contribution in [0.2, 0.25) is 0 Å². The number of benzene rings is 1. The number of hydrogen-bond donors (Lipinski definition) is 1. The summed E-state index contributed by atoms with van der Waals surface area (Å²) in [7, 11) is 0. The van der Waals surface area contributed by atoms with Gasteiger partial charge in [-0.05, 0) is 67.0 Å². The summed E-state index contributed by atoms with van der Waals surface area (Å²) in [5.74, 6) is 0.511. The van der Waals surface area contributed by atoms with E-state index in [1.807, 2.05) is 36.7 Å². The van der Waals surface area contributed by atoms with Gasteiger partial charge in [-0.15, -0.1) is 0 Å². The number of anilines is 1. The van der Waals surface area contributed by atoms with Gasteiger partial charge in [0.05, 0.1) is 5.92 Å². The minimum atomic E-state index is 0.0443. The molecule has 0 unspecified atom stereocenters. The Morgan fingerprint density at radius 3 is 2.28 bits per heavy atom. The van der Waals surface area contributed by atoms with Crippen LogP contribution in [0.5, 0.6) is 0 Å². The summed E-state index contributed by atoms with van der Waals surface area (Å²) in [5.41, 5.74) is 4.63. The third kappa shape index (κ3) is 3.98. The van der Waals surface area contributed by atoms with Crippen molar-refractivity contribution >= 4 is 11.6 Å². The second-order valence-corrected chi connectivity index (χ2v) is 7.79. The molecule has 1 aromatic heterocycles. The maximum Gasteiger partial charge on any atom is 0.228 e. The molecule has 1 aliphatic carbocycles. The number of nitrogens with one attached hydrogen (secondary N) is 1. The second kappa shape index (κ2) is 6.83. The molecular formula is C22H26N2O. The zero-order valence-electron chi connectivity index (χ0n) is 15.4. The number of pyridine rings is 1. The second-order valence-electron chi connectivity index (χ2n) is 7.79. The smallest absolute Gasteiger partial charge is 0.228 e. The predicted octanol–water partition coefficient (Wildman–Crippen LogP) is 4.85. The Bertz CT molecular complexity index is 771. The van der Waals surface area contributed by atoms with Crippen LogP contribution in [-0.4, -0.2) is 10.9 Å². The normalized spacial score (nSPS) is 20.6. The molecule has 0 aliphatic heterocycles. The van der Waals surface area contributed by atoms with Gasteiger partial charge in [-0.1, -0.05) is 37.6 Å². The molecule has 3 nitrogen and oxygen atoms in total. The summed E-state index contributed by atoms with van der Waals surface area (Å²) in [4.78, 5) is 16.7. The van der Waals surface area contributed by atoms with Crippen LogP contribution in [-0.2, 0) is 11.2 Å². The molecule has 1 amide bonds. The Labute approximate surface area is 150 Å². The molecular weight excluding hydrogens is 308 g/mol. The Hall–Kier alpha value is -2.42. The van der Waals surface area contributed by atoms with Crippen LogP contribution >= 0.6 is 0 Å². The highest BCUT2D eigenvalue weighted by Gasteiger charge is 2.60. The lowest BCUT2D eigenvalue weighted by Gasteiger charge is -2.08. The van der Waals surface area contributed by atoms with Crippen molar-refractivity contribution in [1.82, 2.24) is 4.98 Å². The van der Waals surface area contributed by atoms with Gasteiger partial charge < -0.3 is 5.32 Å². The minimum Gasteiger partial charge on any atom is -0.326 e. The van der Waals surface area contributed by atoms with Gasteiger partial charge >= 0.3 is 0 Å². The predicted molar refractivity (Wildman–Crippen MR) is 102 cm³/mol. The van der Waals surface area contributed by atoms with E-state index in [1.54, 1.807) is 0 Å². The maximum absolute atomic E-state index is 12.6. The topological polar surface area (TPSA) is 42.0 Å². The number of rotatable bonds is 5. The SMILES string of the molecule is CC(C)=C[C@@H]1[C@H](C(=O)Nc2ccc(Cc3ccncc3)cc2)C1(C)C. The average molecular weight is 334 g/mol. The van der Waals surface area contributed by atoms with Gasteiger partial charge in [-0.3, -0.25) is 9.78 Å². The Morgan fingerprint density at radius 1 is 1.08 bits per heavy atom. The van der Waals surface area contributed by atoms with E-state index in [9.17, 15) is 4.79 Å². The van der Waals surface area contributed by atoms with Crippen molar-refractivity contribution in [3.8, 4) is 0 Å². The van der Waals surface area contributed by atoms with Crippen LogP contribution in [0.4, 0.5) is 5.69 Å². The monoisotopic (exact) mass is 334 g/mol.